The number of aliphatic hydroxyl groups is 7. The van der Waals surface area contributed by atoms with Crippen molar-refractivity contribution in [1.29, 1.82) is 0 Å². The first kappa shape index (κ1) is 68.0. The maximum absolute atomic E-state index is 13.1. The molecule has 2 fully saturated rings. The first-order valence-corrected chi connectivity index (χ1v) is 28.8. The van der Waals surface area contributed by atoms with E-state index in [9.17, 15) is 40.5 Å². The van der Waals surface area contributed by atoms with Gasteiger partial charge in [-0.25, -0.2) is 0 Å². The van der Waals surface area contributed by atoms with Crippen LogP contribution in [-0.4, -0.2) is 142 Å². The van der Waals surface area contributed by atoms with Gasteiger partial charge >= 0.3 is 5.97 Å². The molecule has 0 aromatic heterocycles. The van der Waals surface area contributed by atoms with Crippen molar-refractivity contribution >= 4 is 5.97 Å². The number of allylic oxidation sites excluding steroid dienone is 16. The average molecular weight is 1060 g/mol. The Morgan fingerprint density at radius 2 is 0.867 bits per heavy atom. The SMILES string of the molecule is CC/C=C\C/C=C\C/C=C\C/C=C\C/C=C\C/C=C\CCCOCC(COC1OC(COC2OC(CO)C(O)C(O)C2O)C(O)C(O)C1O)OC(=O)CCCCCCCCCCC/C=C\C/C=C\CCCCCCC. The van der Waals surface area contributed by atoms with Gasteiger partial charge in [-0.2, -0.15) is 0 Å². The van der Waals surface area contributed by atoms with Crippen molar-refractivity contribution in [2.24, 2.45) is 0 Å². The van der Waals surface area contributed by atoms with Crippen LogP contribution in [0, 0.1) is 0 Å². The monoisotopic (exact) mass is 1060 g/mol. The van der Waals surface area contributed by atoms with Crippen LogP contribution in [0.1, 0.15) is 181 Å². The predicted octanol–water partition coefficient (Wildman–Crippen LogP) is 10.2. The van der Waals surface area contributed by atoms with Gasteiger partial charge in [-0.1, -0.05) is 182 Å². The van der Waals surface area contributed by atoms with E-state index in [0.29, 0.717) is 13.0 Å². The molecule has 14 heteroatoms. The van der Waals surface area contributed by atoms with Gasteiger partial charge in [-0.3, -0.25) is 4.79 Å². The smallest absolute Gasteiger partial charge is 0.306 e. The van der Waals surface area contributed by atoms with Crippen LogP contribution in [0.3, 0.4) is 0 Å². The molecule has 75 heavy (non-hydrogen) atoms. The molecule has 0 aromatic rings. The van der Waals surface area contributed by atoms with Crippen molar-refractivity contribution in [1.82, 2.24) is 0 Å². The van der Waals surface area contributed by atoms with Crippen LogP contribution in [0.4, 0.5) is 0 Å². The Hall–Kier alpha value is -3.09. The van der Waals surface area contributed by atoms with E-state index >= 15 is 0 Å². The van der Waals surface area contributed by atoms with Gasteiger partial charge in [0.15, 0.2) is 12.6 Å². The Kier molecular flexibility index (Phi) is 42.6. The van der Waals surface area contributed by atoms with Gasteiger partial charge < -0.3 is 64.2 Å². The molecule has 0 bridgehead atoms. The summed E-state index contributed by atoms with van der Waals surface area (Å²) in [6.07, 6.45) is 46.2. The largest absolute Gasteiger partial charge is 0.457 e. The van der Waals surface area contributed by atoms with Gasteiger partial charge in [0.2, 0.25) is 0 Å². The molecule has 14 nitrogen and oxygen atoms in total. The maximum Gasteiger partial charge on any atom is 0.306 e. The Labute approximate surface area is 452 Å². The highest BCUT2D eigenvalue weighted by molar-refractivity contribution is 5.69. The zero-order chi connectivity index (χ0) is 54.4. The lowest BCUT2D eigenvalue weighted by molar-refractivity contribution is -0.332. The van der Waals surface area contributed by atoms with E-state index in [1.54, 1.807) is 0 Å². The number of hydrogen-bond acceptors (Lipinski definition) is 14. The Morgan fingerprint density at radius 1 is 0.453 bits per heavy atom. The van der Waals surface area contributed by atoms with Crippen molar-refractivity contribution in [3.05, 3.63) is 97.2 Å². The first-order chi connectivity index (χ1) is 36.6. The van der Waals surface area contributed by atoms with E-state index in [2.05, 4.69) is 111 Å². The number of hydrogen-bond donors (Lipinski definition) is 7. The van der Waals surface area contributed by atoms with Crippen molar-refractivity contribution in [3.63, 3.8) is 0 Å². The van der Waals surface area contributed by atoms with Crippen LogP contribution in [0.2, 0.25) is 0 Å². The average Bonchev–Trinajstić information content (AvgIpc) is 3.41. The number of ether oxygens (including phenoxy) is 6. The lowest BCUT2D eigenvalue weighted by atomic mass is 9.98. The molecule has 0 aliphatic carbocycles. The Morgan fingerprint density at radius 3 is 1.36 bits per heavy atom. The summed E-state index contributed by atoms with van der Waals surface area (Å²) in [6, 6.07) is 0. The molecular formula is C61H102O14. The second-order valence-electron chi connectivity index (χ2n) is 19.7. The molecule has 11 atom stereocenters. The molecule has 2 rings (SSSR count). The van der Waals surface area contributed by atoms with E-state index < -0.39 is 86.7 Å². The number of rotatable bonds is 45. The van der Waals surface area contributed by atoms with Crippen molar-refractivity contribution in [3.8, 4) is 0 Å². The van der Waals surface area contributed by atoms with E-state index in [0.717, 1.165) is 83.5 Å². The van der Waals surface area contributed by atoms with E-state index in [-0.39, 0.29) is 19.6 Å². The highest BCUT2D eigenvalue weighted by Crippen LogP contribution is 2.26. The van der Waals surface area contributed by atoms with E-state index in [4.69, 9.17) is 28.4 Å². The molecule has 430 valence electrons. The first-order valence-electron chi connectivity index (χ1n) is 28.8. The minimum absolute atomic E-state index is 0.0140. The van der Waals surface area contributed by atoms with Crippen LogP contribution in [0.25, 0.3) is 0 Å². The molecule has 2 aliphatic heterocycles. The third-order valence-corrected chi connectivity index (χ3v) is 13.1. The van der Waals surface area contributed by atoms with Crippen molar-refractivity contribution in [2.75, 3.05) is 33.0 Å². The van der Waals surface area contributed by atoms with E-state index in [1.165, 1.54) is 70.6 Å². The number of unbranched alkanes of at least 4 members (excludes halogenated alkanes) is 15. The fourth-order valence-corrected chi connectivity index (χ4v) is 8.45. The second kappa shape index (κ2) is 47.0. The van der Waals surface area contributed by atoms with Gasteiger partial charge in [0, 0.05) is 13.0 Å². The minimum Gasteiger partial charge on any atom is -0.457 e. The predicted molar refractivity (Wildman–Crippen MR) is 298 cm³/mol. The summed E-state index contributed by atoms with van der Waals surface area (Å²) in [5, 5.41) is 72.3. The third kappa shape index (κ3) is 33.7. The summed E-state index contributed by atoms with van der Waals surface area (Å²) >= 11 is 0. The fraction of sp³-hybridized carbons (Fsp3) is 0.721. The maximum atomic E-state index is 13.1. The highest BCUT2D eigenvalue weighted by atomic mass is 16.7. The van der Waals surface area contributed by atoms with Gasteiger partial charge in [0.05, 0.1) is 26.4 Å². The standard InChI is InChI=1S/C61H102O14/c1-3-5-7-9-11-13-15-17-19-21-23-25-26-28-30-32-34-36-38-40-42-44-53(63)73-50(47-70-45-43-41-39-37-35-33-31-29-27-24-22-20-18-16-14-12-10-8-6-4-2)48-71-60-59(69)57(67)55(65)52(75-60)49-72-61-58(68)56(66)54(64)51(46-62)74-61/h6,8,12,14-15,17-18,20-21,23-24,27,31,33,37,39,50-52,54-62,64-69H,3-5,7,9-11,13,16,19,22,25-26,28-30,32,34-36,38,40-49H2,1-2H3/b8-6-,14-12-,17-15-,20-18-,23-21-,27-24-,33-31-,39-37-. The molecule has 11 unspecified atom stereocenters. The molecule has 7 N–H and O–H groups in total. The minimum atomic E-state index is -1.72. The summed E-state index contributed by atoms with van der Waals surface area (Å²) in [5.41, 5.74) is 0. The van der Waals surface area contributed by atoms with Gasteiger partial charge in [0.25, 0.3) is 0 Å². The lowest BCUT2D eigenvalue weighted by Crippen LogP contribution is -2.61. The van der Waals surface area contributed by atoms with Crippen molar-refractivity contribution in [2.45, 2.75) is 248 Å². The molecule has 0 radical (unpaired) electrons. The molecule has 2 heterocycles. The van der Waals surface area contributed by atoms with Gasteiger partial charge in [-0.15, -0.1) is 0 Å². The Bertz CT molecular complexity index is 1610. The van der Waals surface area contributed by atoms with Crippen LogP contribution in [0.5, 0.6) is 0 Å². The van der Waals surface area contributed by atoms with Crippen LogP contribution >= 0.6 is 0 Å². The zero-order valence-electron chi connectivity index (χ0n) is 46.0. The molecule has 0 aromatic carbocycles. The third-order valence-electron chi connectivity index (χ3n) is 13.1. The molecule has 2 aliphatic rings. The summed E-state index contributed by atoms with van der Waals surface area (Å²) in [7, 11) is 0. The molecule has 0 spiro atoms. The van der Waals surface area contributed by atoms with E-state index in [1.807, 2.05) is 0 Å². The van der Waals surface area contributed by atoms with Crippen LogP contribution < -0.4 is 0 Å². The molecule has 0 amide bonds. The number of carbonyl (C=O) groups excluding carboxylic acids is 1. The number of esters is 1. The van der Waals surface area contributed by atoms with Gasteiger partial charge in [0.1, 0.15) is 54.9 Å². The summed E-state index contributed by atoms with van der Waals surface area (Å²) < 4.78 is 34.3. The molecular weight excluding hydrogens is 957 g/mol. The summed E-state index contributed by atoms with van der Waals surface area (Å²) in [5.74, 6) is -0.403. The lowest BCUT2D eigenvalue weighted by Gasteiger charge is -2.42. The normalized spacial score (nSPS) is 25.3. The molecule has 0 saturated carbocycles. The highest BCUT2D eigenvalue weighted by Gasteiger charge is 2.47. The summed E-state index contributed by atoms with van der Waals surface area (Å²) in [6.45, 7) is 3.39. The van der Waals surface area contributed by atoms with Crippen LogP contribution in [-0.2, 0) is 33.2 Å². The fourth-order valence-electron chi connectivity index (χ4n) is 8.45. The summed E-state index contributed by atoms with van der Waals surface area (Å²) in [4.78, 5) is 13.1. The van der Waals surface area contributed by atoms with Gasteiger partial charge in [-0.05, 0) is 89.9 Å². The quantitative estimate of drug-likeness (QED) is 0.0172. The van der Waals surface area contributed by atoms with Crippen LogP contribution in [0.15, 0.2) is 97.2 Å². The van der Waals surface area contributed by atoms with Crippen molar-refractivity contribution < 1.29 is 69.0 Å². The Balaban J connectivity index is 1.76. The zero-order valence-corrected chi connectivity index (χ0v) is 46.0. The number of carbonyl (C=O) groups is 1. The molecule has 2 saturated heterocycles. The number of aliphatic hydroxyl groups excluding tert-OH is 7. The topological polar surface area (TPSA) is 214 Å². The second-order valence-corrected chi connectivity index (χ2v) is 19.7.